The molecular weight excluding hydrogens is 460 g/mol. The van der Waals surface area contributed by atoms with Gasteiger partial charge in [0.05, 0.1) is 19.8 Å². The maximum Gasteiger partial charge on any atom is 0.254 e. The summed E-state index contributed by atoms with van der Waals surface area (Å²) in [5.41, 5.74) is 2.73. The minimum Gasteiger partial charge on any atom is -0.497 e. The number of hydrogen-bond donors (Lipinski definition) is 0. The van der Waals surface area contributed by atoms with E-state index in [0.29, 0.717) is 37.6 Å². The summed E-state index contributed by atoms with van der Waals surface area (Å²) in [4.78, 5) is 31.9. The molecule has 0 bridgehead atoms. The van der Waals surface area contributed by atoms with Gasteiger partial charge in [-0.15, -0.1) is 11.3 Å². The quantitative estimate of drug-likeness (QED) is 0.403. The second-order valence-electron chi connectivity index (χ2n) is 8.81. The Morgan fingerprint density at radius 1 is 1.06 bits per heavy atom. The van der Waals surface area contributed by atoms with Crippen molar-refractivity contribution in [3.8, 4) is 5.75 Å². The van der Waals surface area contributed by atoms with Gasteiger partial charge < -0.3 is 19.3 Å². The van der Waals surface area contributed by atoms with Crippen molar-refractivity contribution >= 4 is 23.2 Å². The van der Waals surface area contributed by atoms with Crippen molar-refractivity contribution in [1.29, 1.82) is 0 Å². The summed E-state index contributed by atoms with van der Waals surface area (Å²) in [6.45, 7) is 4.13. The topological polar surface area (TPSA) is 59.1 Å². The van der Waals surface area contributed by atoms with Crippen molar-refractivity contribution in [3.63, 3.8) is 0 Å². The lowest BCUT2D eigenvalue weighted by atomic mass is 10.1. The number of carbonyl (C=O) groups excluding carboxylic acids is 2. The van der Waals surface area contributed by atoms with Gasteiger partial charge in [0.15, 0.2) is 0 Å². The molecule has 0 radical (unpaired) electrons. The summed E-state index contributed by atoms with van der Waals surface area (Å²) in [7, 11) is 1.57. The molecule has 35 heavy (non-hydrogen) atoms. The largest absolute Gasteiger partial charge is 0.497 e. The van der Waals surface area contributed by atoms with Crippen LogP contribution in [0.15, 0.2) is 66.0 Å². The van der Waals surface area contributed by atoms with E-state index in [1.165, 1.54) is 5.56 Å². The van der Waals surface area contributed by atoms with Gasteiger partial charge in [-0.2, -0.15) is 0 Å². The molecule has 4 rings (SSSR count). The van der Waals surface area contributed by atoms with E-state index in [1.807, 2.05) is 40.6 Å². The molecule has 0 spiro atoms. The first-order chi connectivity index (χ1) is 17.0. The summed E-state index contributed by atoms with van der Waals surface area (Å²) in [5, 5.41) is 2.05. The van der Waals surface area contributed by atoms with Crippen LogP contribution in [0.5, 0.6) is 5.75 Å². The first kappa shape index (κ1) is 24.9. The van der Waals surface area contributed by atoms with E-state index in [2.05, 4.69) is 13.0 Å². The van der Waals surface area contributed by atoms with Crippen molar-refractivity contribution in [3.05, 3.63) is 87.6 Å². The van der Waals surface area contributed by atoms with Gasteiger partial charge in [-0.3, -0.25) is 9.59 Å². The standard InChI is InChI=1S/C28H32N2O4S/c1-21-13-15-35-26(21)19-29(17-22-8-4-3-5-9-22)27(31)20-30(18-25-12-7-14-34-25)28(32)23-10-6-11-24(16-23)33-2/h3-6,8-11,13,15-16,25H,7,12,14,17-20H2,1-2H3. The Morgan fingerprint density at radius 3 is 2.57 bits per heavy atom. The average Bonchev–Trinajstić information content (AvgIpc) is 3.55. The van der Waals surface area contributed by atoms with Crippen LogP contribution in [0, 0.1) is 6.92 Å². The fraction of sp³-hybridized carbons (Fsp3) is 0.357. The second-order valence-corrected chi connectivity index (χ2v) is 9.82. The van der Waals surface area contributed by atoms with Gasteiger partial charge in [0, 0.05) is 30.1 Å². The zero-order valence-corrected chi connectivity index (χ0v) is 21.1. The molecule has 1 aromatic heterocycles. The Labute approximate surface area is 211 Å². The van der Waals surface area contributed by atoms with Gasteiger partial charge >= 0.3 is 0 Å². The summed E-state index contributed by atoms with van der Waals surface area (Å²) in [6, 6.07) is 19.1. The van der Waals surface area contributed by atoms with E-state index in [0.717, 1.165) is 23.3 Å². The Morgan fingerprint density at radius 2 is 1.89 bits per heavy atom. The van der Waals surface area contributed by atoms with Crippen molar-refractivity contribution in [2.45, 2.75) is 39.0 Å². The van der Waals surface area contributed by atoms with Crippen molar-refractivity contribution in [2.24, 2.45) is 0 Å². The van der Waals surface area contributed by atoms with Crippen LogP contribution in [-0.2, 0) is 22.6 Å². The zero-order chi connectivity index (χ0) is 24.6. The van der Waals surface area contributed by atoms with Crippen LogP contribution in [0.4, 0.5) is 0 Å². The molecule has 1 aliphatic rings. The highest BCUT2D eigenvalue weighted by molar-refractivity contribution is 7.10. The third-order valence-electron chi connectivity index (χ3n) is 6.25. The molecule has 2 heterocycles. The SMILES string of the molecule is COc1cccc(C(=O)N(CC(=O)N(Cc2ccccc2)Cc2sccc2C)CC2CCCO2)c1. The molecule has 3 aromatic rings. The van der Waals surface area contributed by atoms with Gasteiger partial charge in [0.1, 0.15) is 12.3 Å². The lowest BCUT2D eigenvalue weighted by Crippen LogP contribution is -2.45. The minimum atomic E-state index is -0.195. The van der Waals surface area contributed by atoms with E-state index >= 15 is 0 Å². The smallest absolute Gasteiger partial charge is 0.254 e. The Kier molecular flexibility index (Phi) is 8.55. The molecule has 0 aliphatic carbocycles. The highest BCUT2D eigenvalue weighted by atomic mass is 32.1. The van der Waals surface area contributed by atoms with Crippen LogP contribution in [-0.4, -0.2) is 54.5 Å². The first-order valence-corrected chi connectivity index (χ1v) is 12.8. The van der Waals surface area contributed by atoms with E-state index < -0.39 is 0 Å². The number of thiophene rings is 1. The molecule has 1 aliphatic heterocycles. The summed E-state index contributed by atoms with van der Waals surface area (Å²) in [5.74, 6) is 0.328. The summed E-state index contributed by atoms with van der Waals surface area (Å²) in [6.07, 6.45) is 1.80. The number of aryl methyl sites for hydroxylation is 1. The summed E-state index contributed by atoms with van der Waals surface area (Å²) < 4.78 is 11.1. The number of ether oxygens (including phenoxy) is 2. The van der Waals surface area contributed by atoms with Crippen LogP contribution in [0.2, 0.25) is 0 Å². The minimum absolute atomic E-state index is 0.00679. The molecule has 2 aromatic carbocycles. The van der Waals surface area contributed by atoms with Gasteiger partial charge in [-0.1, -0.05) is 36.4 Å². The van der Waals surface area contributed by atoms with Crippen molar-refractivity contribution in [1.82, 2.24) is 9.80 Å². The van der Waals surface area contributed by atoms with Crippen LogP contribution < -0.4 is 4.74 Å². The van der Waals surface area contributed by atoms with Crippen LogP contribution >= 0.6 is 11.3 Å². The molecule has 6 nitrogen and oxygen atoms in total. The zero-order valence-electron chi connectivity index (χ0n) is 20.3. The number of nitrogens with zero attached hydrogens (tertiary/aromatic N) is 2. The third kappa shape index (κ3) is 6.71. The predicted octanol–water partition coefficient (Wildman–Crippen LogP) is 4.92. The highest BCUT2D eigenvalue weighted by Crippen LogP contribution is 2.21. The van der Waals surface area contributed by atoms with E-state index in [-0.39, 0.29) is 24.5 Å². The van der Waals surface area contributed by atoms with Crippen LogP contribution in [0.1, 0.15) is 39.2 Å². The highest BCUT2D eigenvalue weighted by Gasteiger charge is 2.27. The van der Waals surface area contributed by atoms with Crippen LogP contribution in [0.25, 0.3) is 0 Å². The molecule has 2 amide bonds. The molecular formula is C28H32N2O4S. The van der Waals surface area contributed by atoms with Gasteiger partial charge in [0.25, 0.3) is 5.91 Å². The molecule has 1 unspecified atom stereocenters. The normalized spacial score (nSPS) is 15.1. The molecule has 1 atom stereocenters. The van der Waals surface area contributed by atoms with E-state index in [1.54, 1.807) is 47.6 Å². The van der Waals surface area contributed by atoms with E-state index in [4.69, 9.17) is 9.47 Å². The van der Waals surface area contributed by atoms with E-state index in [9.17, 15) is 9.59 Å². The Hall–Kier alpha value is -3.16. The average molecular weight is 493 g/mol. The lowest BCUT2D eigenvalue weighted by molar-refractivity contribution is -0.133. The number of benzene rings is 2. The molecule has 7 heteroatoms. The Bertz CT molecular complexity index is 1120. The maximum absolute atomic E-state index is 13.7. The third-order valence-corrected chi connectivity index (χ3v) is 7.26. The number of amides is 2. The maximum atomic E-state index is 13.7. The second kappa shape index (κ2) is 12.0. The van der Waals surface area contributed by atoms with Gasteiger partial charge in [0.2, 0.25) is 5.91 Å². The number of hydrogen-bond acceptors (Lipinski definition) is 5. The predicted molar refractivity (Wildman–Crippen MR) is 138 cm³/mol. The summed E-state index contributed by atoms with van der Waals surface area (Å²) >= 11 is 1.65. The van der Waals surface area contributed by atoms with Crippen LogP contribution in [0.3, 0.4) is 0 Å². The van der Waals surface area contributed by atoms with Crippen molar-refractivity contribution < 1.29 is 19.1 Å². The van der Waals surface area contributed by atoms with Crippen molar-refractivity contribution in [2.75, 3.05) is 26.8 Å². The molecule has 1 saturated heterocycles. The van der Waals surface area contributed by atoms with Gasteiger partial charge in [-0.25, -0.2) is 0 Å². The number of methoxy groups -OCH3 is 1. The molecule has 184 valence electrons. The number of carbonyl (C=O) groups is 2. The monoisotopic (exact) mass is 492 g/mol. The van der Waals surface area contributed by atoms with Gasteiger partial charge in [-0.05, 0) is 60.5 Å². The fourth-order valence-electron chi connectivity index (χ4n) is 4.23. The molecule has 0 N–H and O–H groups in total. The lowest BCUT2D eigenvalue weighted by Gasteiger charge is -2.29. The number of rotatable bonds is 10. The Balaban J connectivity index is 1.56. The molecule has 1 fully saturated rings. The molecule has 0 saturated carbocycles. The fourth-order valence-corrected chi connectivity index (χ4v) is 5.15. The first-order valence-electron chi connectivity index (χ1n) is 11.9.